The van der Waals surface area contributed by atoms with Crippen molar-refractivity contribution in [2.45, 2.75) is 13.5 Å². The Morgan fingerprint density at radius 1 is 1.00 bits per heavy atom. The van der Waals surface area contributed by atoms with Crippen LogP contribution in [0.1, 0.15) is 28.4 Å². The molecule has 35 heavy (non-hydrogen) atoms. The zero-order valence-corrected chi connectivity index (χ0v) is 20.2. The molecular formula is C28H25ClN2O4. The maximum Gasteiger partial charge on any atom is 0.271 e. The van der Waals surface area contributed by atoms with Crippen LogP contribution in [0.25, 0.3) is 10.8 Å². The number of nitrogens with zero attached hydrogens (tertiary/aromatic N) is 1. The number of ether oxygens (including phenoxy) is 3. The number of rotatable bonds is 9. The number of hydrogen-bond acceptors (Lipinski definition) is 5. The molecule has 0 saturated carbocycles. The Kier molecular flexibility index (Phi) is 7.85. The smallest absolute Gasteiger partial charge is 0.271 e. The fraction of sp³-hybridized carbons (Fsp3) is 0.143. The van der Waals surface area contributed by atoms with Gasteiger partial charge in [-0.25, -0.2) is 5.43 Å². The van der Waals surface area contributed by atoms with Crippen LogP contribution in [0, 0.1) is 0 Å². The van der Waals surface area contributed by atoms with Gasteiger partial charge in [-0.15, -0.1) is 0 Å². The van der Waals surface area contributed by atoms with E-state index in [1.54, 1.807) is 43.5 Å². The normalized spacial score (nSPS) is 10.9. The lowest BCUT2D eigenvalue weighted by Gasteiger charge is -2.15. The third-order valence-electron chi connectivity index (χ3n) is 5.32. The number of hydrazone groups is 1. The van der Waals surface area contributed by atoms with Crippen LogP contribution in [0.5, 0.6) is 17.2 Å². The maximum absolute atomic E-state index is 12.3. The predicted molar refractivity (Wildman–Crippen MR) is 139 cm³/mol. The molecule has 7 heteroatoms. The highest BCUT2D eigenvalue weighted by molar-refractivity contribution is 6.32. The number of amides is 1. The summed E-state index contributed by atoms with van der Waals surface area (Å²) in [5, 5.41) is 6.71. The zero-order valence-electron chi connectivity index (χ0n) is 19.5. The summed E-state index contributed by atoms with van der Waals surface area (Å²) in [4.78, 5) is 12.3. The standard InChI is InChI=1S/C28H25ClN2O4/c1-3-34-26-16-19(17-30-31-28(32)21-11-13-23(33-2)14-12-21)15-25(29)27(26)35-18-22-9-6-8-20-7-4-5-10-24(20)22/h4-17H,3,18H2,1-2H3,(H,31,32)/b30-17-. The summed E-state index contributed by atoms with van der Waals surface area (Å²) in [6.45, 7) is 2.67. The van der Waals surface area contributed by atoms with Crippen molar-refractivity contribution in [1.82, 2.24) is 5.43 Å². The second kappa shape index (κ2) is 11.4. The van der Waals surface area contributed by atoms with E-state index in [1.165, 1.54) is 6.21 Å². The molecule has 0 radical (unpaired) electrons. The SMILES string of the molecule is CCOc1cc(/C=N\NC(=O)c2ccc(OC)cc2)cc(Cl)c1OCc1cccc2ccccc12. The topological polar surface area (TPSA) is 69.2 Å². The molecule has 178 valence electrons. The van der Waals surface area contributed by atoms with Crippen molar-refractivity contribution in [3.8, 4) is 17.2 Å². The molecule has 0 fully saturated rings. The van der Waals surface area contributed by atoms with Gasteiger partial charge in [-0.2, -0.15) is 5.10 Å². The Balaban J connectivity index is 1.48. The Bertz CT molecular complexity index is 1350. The second-order valence-corrected chi connectivity index (χ2v) is 8.02. The molecule has 0 aliphatic carbocycles. The Hall–Kier alpha value is -4.03. The van der Waals surface area contributed by atoms with Crippen molar-refractivity contribution >= 4 is 34.5 Å². The van der Waals surface area contributed by atoms with Gasteiger partial charge in [0.1, 0.15) is 12.4 Å². The van der Waals surface area contributed by atoms with Crippen molar-refractivity contribution in [3.63, 3.8) is 0 Å². The van der Waals surface area contributed by atoms with Crippen molar-refractivity contribution in [3.05, 3.63) is 101 Å². The van der Waals surface area contributed by atoms with Crippen LogP contribution in [0.4, 0.5) is 0 Å². The Labute approximate surface area is 209 Å². The van der Waals surface area contributed by atoms with E-state index in [0.717, 1.165) is 16.3 Å². The molecular weight excluding hydrogens is 464 g/mol. The summed E-state index contributed by atoms with van der Waals surface area (Å²) in [5.74, 6) is 1.30. The number of nitrogens with one attached hydrogen (secondary N) is 1. The number of methoxy groups -OCH3 is 1. The first kappa shape index (κ1) is 24.1. The molecule has 0 aromatic heterocycles. The summed E-state index contributed by atoms with van der Waals surface area (Å²) >= 11 is 6.55. The van der Waals surface area contributed by atoms with Gasteiger partial charge in [-0.05, 0) is 65.2 Å². The average molecular weight is 489 g/mol. The van der Waals surface area contributed by atoms with Gasteiger partial charge in [0.05, 0.1) is 25.0 Å². The van der Waals surface area contributed by atoms with Gasteiger partial charge in [0.15, 0.2) is 11.5 Å². The van der Waals surface area contributed by atoms with Gasteiger partial charge < -0.3 is 14.2 Å². The molecule has 0 aliphatic heterocycles. The van der Waals surface area contributed by atoms with Crippen LogP contribution in [0.15, 0.2) is 84.0 Å². The molecule has 4 aromatic rings. The van der Waals surface area contributed by atoms with Crippen LogP contribution in [0.2, 0.25) is 5.02 Å². The number of hydrogen-bond donors (Lipinski definition) is 1. The highest BCUT2D eigenvalue weighted by atomic mass is 35.5. The maximum atomic E-state index is 12.3. The molecule has 0 spiro atoms. The van der Waals surface area contributed by atoms with Crippen molar-refractivity contribution in [2.24, 2.45) is 5.10 Å². The lowest BCUT2D eigenvalue weighted by Crippen LogP contribution is -2.17. The monoisotopic (exact) mass is 488 g/mol. The van der Waals surface area contributed by atoms with E-state index in [2.05, 4.69) is 28.7 Å². The minimum absolute atomic E-state index is 0.338. The molecule has 0 unspecified atom stereocenters. The largest absolute Gasteiger partial charge is 0.497 e. The molecule has 1 N–H and O–H groups in total. The van der Waals surface area contributed by atoms with E-state index in [4.69, 9.17) is 25.8 Å². The zero-order chi connectivity index (χ0) is 24.6. The molecule has 6 nitrogen and oxygen atoms in total. The molecule has 0 saturated heterocycles. The fourth-order valence-corrected chi connectivity index (χ4v) is 3.88. The van der Waals surface area contributed by atoms with Gasteiger partial charge in [-0.1, -0.05) is 54.1 Å². The Morgan fingerprint density at radius 3 is 2.54 bits per heavy atom. The van der Waals surface area contributed by atoms with E-state index in [9.17, 15) is 4.79 Å². The molecule has 4 rings (SSSR count). The molecule has 1 amide bonds. The summed E-state index contributed by atoms with van der Waals surface area (Å²) in [6.07, 6.45) is 1.50. The number of carbonyl (C=O) groups excluding carboxylic acids is 1. The van der Waals surface area contributed by atoms with Gasteiger partial charge in [0.2, 0.25) is 0 Å². The third-order valence-corrected chi connectivity index (χ3v) is 5.60. The number of benzene rings is 4. The quantitative estimate of drug-likeness (QED) is 0.223. The van der Waals surface area contributed by atoms with Crippen LogP contribution in [0.3, 0.4) is 0 Å². The molecule has 4 aromatic carbocycles. The van der Waals surface area contributed by atoms with Gasteiger partial charge >= 0.3 is 0 Å². The summed E-state index contributed by atoms with van der Waals surface area (Å²) in [5.41, 5.74) is 4.68. The first-order valence-corrected chi connectivity index (χ1v) is 11.5. The first-order chi connectivity index (χ1) is 17.1. The van der Waals surface area contributed by atoms with Gasteiger partial charge in [0.25, 0.3) is 5.91 Å². The highest BCUT2D eigenvalue weighted by Gasteiger charge is 2.13. The molecule has 0 heterocycles. The van der Waals surface area contributed by atoms with E-state index in [0.29, 0.717) is 46.6 Å². The number of carbonyl (C=O) groups is 1. The third kappa shape index (κ3) is 5.91. The van der Waals surface area contributed by atoms with Crippen LogP contribution >= 0.6 is 11.6 Å². The van der Waals surface area contributed by atoms with Gasteiger partial charge in [-0.3, -0.25) is 4.79 Å². The minimum atomic E-state index is -0.338. The minimum Gasteiger partial charge on any atom is -0.497 e. The predicted octanol–water partition coefficient (Wildman–Crippen LogP) is 6.24. The number of halogens is 1. The summed E-state index contributed by atoms with van der Waals surface area (Å²) in [6, 6.07) is 24.5. The van der Waals surface area contributed by atoms with Gasteiger partial charge in [0, 0.05) is 5.56 Å². The summed E-state index contributed by atoms with van der Waals surface area (Å²) < 4.78 is 17.0. The lowest BCUT2D eigenvalue weighted by atomic mass is 10.1. The fourth-order valence-electron chi connectivity index (χ4n) is 3.61. The van der Waals surface area contributed by atoms with Crippen LogP contribution in [-0.2, 0) is 6.61 Å². The van der Waals surface area contributed by atoms with E-state index < -0.39 is 0 Å². The molecule has 0 atom stereocenters. The highest BCUT2D eigenvalue weighted by Crippen LogP contribution is 2.37. The van der Waals surface area contributed by atoms with Crippen molar-refractivity contribution in [1.29, 1.82) is 0 Å². The molecule has 0 aliphatic rings. The molecule has 0 bridgehead atoms. The lowest BCUT2D eigenvalue weighted by molar-refractivity contribution is 0.0955. The Morgan fingerprint density at radius 2 is 1.77 bits per heavy atom. The van der Waals surface area contributed by atoms with E-state index >= 15 is 0 Å². The van der Waals surface area contributed by atoms with E-state index in [1.807, 2.05) is 31.2 Å². The van der Waals surface area contributed by atoms with E-state index in [-0.39, 0.29) is 5.91 Å². The first-order valence-electron chi connectivity index (χ1n) is 11.1. The van der Waals surface area contributed by atoms with Crippen LogP contribution < -0.4 is 19.6 Å². The van der Waals surface area contributed by atoms with Crippen molar-refractivity contribution < 1.29 is 19.0 Å². The number of fused-ring (bicyclic) bond motifs is 1. The summed E-state index contributed by atoms with van der Waals surface area (Å²) in [7, 11) is 1.57. The van der Waals surface area contributed by atoms with Crippen LogP contribution in [-0.4, -0.2) is 25.8 Å². The van der Waals surface area contributed by atoms with Crippen molar-refractivity contribution in [2.75, 3.05) is 13.7 Å². The second-order valence-electron chi connectivity index (χ2n) is 7.62. The average Bonchev–Trinajstić information content (AvgIpc) is 2.88.